The second-order valence-electron chi connectivity index (χ2n) is 7.09. The predicted molar refractivity (Wildman–Crippen MR) is 103 cm³/mol. The first kappa shape index (κ1) is 18.2. The van der Waals surface area contributed by atoms with Gasteiger partial charge in [0.15, 0.2) is 0 Å². The van der Waals surface area contributed by atoms with Crippen LogP contribution >= 0.6 is 0 Å². The lowest BCUT2D eigenvalue weighted by Gasteiger charge is -2.30. The summed E-state index contributed by atoms with van der Waals surface area (Å²) in [5.41, 5.74) is 1.15. The number of carbonyl (C=O) groups is 1. The third-order valence-electron chi connectivity index (χ3n) is 4.45. The Balaban J connectivity index is 1.59. The number of benzene rings is 1. The lowest BCUT2D eigenvalue weighted by Crippen LogP contribution is -2.34. The summed E-state index contributed by atoms with van der Waals surface area (Å²) in [6.07, 6.45) is 5.61. The lowest BCUT2D eigenvalue weighted by molar-refractivity contribution is 0.102. The van der Waals surface area contributed by atoms with Crippen LogP contribution in [0.5, 0.6) is 5.75 Å². The predicted octanol–water partition coefficient (Wildman–Crippen LogP) is 3.75. The molecule has 0 bridgehead atoms. The zero-order chi connectivity index (χ0) is 18.5. The quantitative estimate of drug-likeness (QED) is 0.886. The van der Waals surface area contributed by atoms with Gasteiger partial charge in [-0.25, -0.2) is 9.97 Å². The molecule has 2 heterocycles. The Morgan fingerprint density at radius 1 is 1.15 bits per heavy atom. The van der Waals surface area contributed by atoms with Crippen LogP contribution in [0.4, 0.5) is 11.6 Å². The number of anilines is 2. The van der Waals surface area contributed by atoms with Crippen LogP contribution in [-0.2, 0) is 0 Å². The van der Waals surface area contributed by atoms with Crippen molar-refractivity contribution in [2.24, 2.45) is 5.92 Å². The molecule has 0 aliphatic carbocycles. The first-order chi connectivity index (χ1) is 12.5. The minimum absolute atomic E-state index is 0.120. The van der Waals surface area contributed by atoms with Crippen molar-refractivity contribution in [2.45, 2.75) is 39.7 Å². The van der Waals surface area contributed by atoms with Gasteiger partial charge in [-0.15, -0.1) is 0 Å². The highest BCUT2D eigenvalue weighted by molar-refractivity contribution is 6.03. The van der Waals surface area contributed by atoms with E-state index in [1.165, 1.54) is 0 Å². The molecule has 0 spiro atoms. The van der Waals surface area contributed by atoms with Crippen molar-refractivity contribution in [3.05, 3.63) is 42.2 Å². The summed E-state index contributed by atoms with van der Waals surface area (Å²) in [6.45, 7) is 8.16. The molecule has 6 heteroatoms. The van der Waals surface area contributed by atoms with Gasteiger partial charge in [0.2, 0.25) is 5.95 Å². The van der Waals surface area contributed by atoms with Gasteiger partial charge in [0.1, 0.15) is 5.75 Å². The fourth-order valence-electron chi connectivity index (χ4n) is 2.90. The van der Waals surface area contributed by atoms with Gasteiger partial charge in [-0.3, -0.25) is 4.79 Å². The monoisotopic (exact) mass is 354 g/mol. The Bertz CT molecular complexity index is 720. The standard InChI is InChI=1S/C20H26N4O2/c1-14(2)26-18-6-4-17(5-7-18)23-19(25)16-12-21-20(22-13-16)24-10-8-15(3)9-11-24/h4-7,12-15H,8-11H2,1-3H3,(H,23,25). The van der Waals surface area contributed by atoms with E-state index in [9.17, 15) is 4.79 Å². The third-order valence-corrected chi connectivity index (χ3v) is 4.45. The average Bonchev–Trinajstić information content (AvgIpc) is 2.64. The van der Waals surface area contributed by atoms with E-state index in [2.05, 4.69) is 27.1 Å². The molecule has 0 atom stereocenters. The minimum Gasteiger partial charge on any atom is -0.491 e. The van der Waals surface area contributed by atoms with E-state index in [4.69, 9.17) is 4.74 Å². The van der Waals surface area contributed by atoms with Gasteiger partial charge in [-0.05, 0) is 56.9 Å². The number of rotatable bonds is 5. The van der Waals surface area contributed by atoms with Gasteiger partial charge in [0.05, 0.1) is 11.7 Å². The molecule has 0 radical (unpaired) electrons. The second kappa shape index (κ2) is 8.17. The van der Waals surface area contributed by atoms with Crippen molar-refractivity contribution in [1.82, 2.24) is 9.97 Å². The van der Waals surface area contributed by atoms with E-state index in [0.29, 0.717) is 17.2 Å². The van der Waals surface area contributed by atoms with Gasteiger partial charge >= 0.3 is 0 Å². The maximum Gasteiger partial charge on any atom is 0.258 e. The number of hydrogen-bond acceptors (Lipinski definition) is 5. The molecular weight excluding hydrogens is 328 g/mol. The van der Waals surface area contributed by atoms with Crippen LogP contribution in [0.3, 0.4) is 0 Å². The van der Waals surface area contributed by atoms with Gasteiger partial charge in [0.25, 0.3) is 5.91 Å². The topological polar surface area (TPSA) is 67.4 Å². The normalized spacial score (nSPS) is 15.2. The molecule has 1 aromatic heterocycles. The molecule has 6 nitrogen and oxygen atoms in total. The number of piperidine rings is 1. The fraction of sp³-hybridized carbons (Fsp3) is 0.450. The maximum atomic E-state index is 12.4. The Hall–Kier alpha value is -2.63. The number of ether oxygens (including phenoxy) is 1. The van der Waals surface area contributed by atoms with Crippen molar-refractivity contribution in [3.63, 3.8) is 0 Å². The average molecular weight is 354 g/mol. The maximum absolute atomic E-state index is 12.4. The second-order valence-corrected chi connectivity index (χ2v) is 7.09. The molecule has 26 heavy (non-hydrogen) atoms. The molecule has 1 aliphatic rings. The Morgan fingerprint density at radius 2 is 1.77 bits per heavy atom. The largest absolute Gasteiger partial charge is 0.491 e. The molecule has 2 aromatic rings. The number of amides is 1. The van der Waals surface area contributed by atoms with Crippen LogP contribution in [0.25, 0.3) is 0 Å². The fourth-order valence-corrected chi connectivity index (χ4v) is 2.90. The molecular formula is C20H26N4O2. The Labute approximate surface area is 154 Å². The van der Waals surface area contributed by atoms with Crippen LogP contribution in [-0.4, -0.2) is 35.1 Å². The first-order valence-corrected chi connectivity index (χ1v) is 9.16. The van der Waals surface area contributed by atoms with Gasteiger partial charge in [0, 0.05) is 31.2 Å². The molecule has 0 unspecified atom stereocenters. The van der Waals surface area contributed by atoms with E-state index in [0.717, 1.165) is 37.6 Å². The van der Waals surface area contributed by atoms with Crippen LogP contribution in [0.2, 0.25) is 0 Å². The van der Waals surface area contributed by atoms with Crippen LogP contribution in [0.15, 0.2) is 36.7 Å². The van der Waals surface area contributed by atoms with E-state index in [1.807, 2.05) is 38.1 Å². The number of nitrogens with one attached hydrogen (secondary N) is 1. The van der Waals surface area contributed by atoms with Gasteiger partial charge < -0.3 is 15.0 Å². The van der Waals surface area contributed by atoms with Crippen molar-refractivity contribution >= 4 is 17.5 Å². The highest BCUT2D eigenvalue weighted by atomic mass is 16.5. The lowest BCUT2D eigenvalue weighted by atomic mass is 10.00. The van der Waals surface area contributed by atoms with Gasteiger partial charge in [-0.2, -0.15) is 0 Å². The summed E-state index contributed by atoms with van der Waals surface area (Å²) >= 11 is 0. The zero-order valence-corrected chi connectivity index (χ0v) is 15.6. The number of nitrogens with zero attached hydrogens (tertiary/aromatic N) is 3. The Kier molecular flexibility index (Phi) is 5.71. The van der Waals surface area contributed by atoms with Crippen LogP contribution in [0.1, 0.15) is 44.0 Å². The summed E-state index contributed by atoms with van der Waals surface area (Å²) < 4.78 is 5.60. The van der Waals surface area contributed by atoms with Gasteiger partial charge in [-0.1, -0.05) is 6.92 Å². The van der Waals surface area contributed by atoms with Crippen LogP contribution < -0.4 is 15.0 Å². The summed E-state index contributed by atoms with van der Waals surface area (Å²) in [7, 11) is 0. The van der Waals surface area contributed by atoms with Crippen molar-refractivity contribution in [3.8, 4) is 5.75 Å². The van der Waals surface area contributed by atoms with E-state index in [-0.39, 0.29) is 12.0 Å². The SMILES string of the molecule is CC1CCN(c2ncc(C(=O)Nc3ccc(OC(C)C)cc3)cn2)CC1. The molecule has 1 N–H and O–H groups in total. The molecule has 1 aliphatic heterocycles. The molecule has 1 saturated heterocycles. The Morgan fingerprint density at radius 3 is 2.35 bits per heavy atom. The molecule has 1 fully saturated rings. The number of hydrogen-bond donors (Lipinski definition) is 1. The third kappa shape index (κ3) is 4.71. The van der Waals surface area contributed by atoms with E-state index >= 15 is 0 Å². The summed E-state index contributed by atoms with van der Waals surface area (Å²) in [6, 6.07) is 7.32. The molecule has 1 amide bonds. The van der Waals surface area contributed by atoms with E-state index < -0.39 is 0 Å². The molecule has 0 saturated carbocycles. The smallest absolute Gasteiger partial charge is 0.258 e. The molecule has 1 aromatic carbocycles. The summed E-state index contributed by atoms with van der Waals surface area (Å²) in [4.78, 5) is 23.3. The van der Waals surface area contributed by atoms with E-state index in [1.54, 1.807) is 12.4 Å². The van der Waals surface area contributed by atoms with Crippen molar-refractivity contribution in [2.75, 3.05) is 23.3 Å². The summed E-state index contributed by atoms with van der Waals surface area (Å²) in [5.74, 6) is 2.01. The van der Waals surface area contributed by atoms with Crippen molar-refractivity contribution in [1.29, 1.82) is 0 Å². The summed E-state index contributed by atoms with van der Waals surface area (Å²) in [5, 5.41) is 2.86. The highest BCUT2D eigenvalue weighted by Gasteiger charge is 2.18. The minimum atomic E-state index is -0.221. The zero-order valence-electron chi connectivity index (χ0n) is 15.6. The number of carbonyl (C=O) groups excluding carboxylic acids is 1. The molecule has 138 valence electrons. The highest BCUT2D eigenvalue weighted by Crippen LogP contribution is 2.20. The first-order valence-electron chi connectivity index (χ1n) is 9.16. The molecule has 3 rings (SSSR count). The van der Waals surface area contributed by atoms with Crippen LogP contribution in [0, 0.1) is 5.92 Å². The number of aromatic nitrogens is 2. The van der Waals surface area contributed by atoms with Crippen molar-refractivity contribution < 1.29 is 9.53 Å².